The first-order chi connectivity index (χ1) is 14.5. The van der Waals surface area contributed by atoms with Crippen LogP contribution in [0, 0.1) is 11.3 Å². The molecule has 0 radical (unpaired) electrons. The van der Waals surface area contributed by atoms with Crippen LogP contribution in [0.3, 0.4) is 0 Å². The number of carbonyl (C=O) groups excluding carboxylic acids is 3. The van der Waals surface area contributed by atoms with Crippen molar-refractivity contribution in [2.45, 2.75) is 6.92 Å². The van der Waals surface area contributed by atoms with E-state index >= 15 is 0 Å². The second kappa shape index (κ2) is 9.12. The molecular weight excluding hydrogens is 382 g/mol. The molecule has 0 aliphatic carbocycles. The Kier molecular flexibility index (Phi) is 6.15. The van der Waals surface area contributed by atoms with Crippen LogP contribution in [0.2, 0.25) is 0 Å². The Morgan fingerprint density at radius 2 is 1.53 bits per heavy atom. The normalized spacial score (nSPS) is 9.87. The van der Waals surface area contributed by atoms with E-state index in [0.29, 0.717) is 22.6 Å². The SMILES string of the molecule is CC(=O)Nc1ccc(NC(=O)c2ccnc(C(=O)Nc3ccccc3C#N)c2)cc1. The second-order valence-corrected chi connectivity index (χ2v) is 6.25. The summed E-state index contributed by atoms with van der Waals surface area (Å²) < 4.78 is 0. The van der Waals surface area contributed by atoms with Crippen molar-refractivity contribution in [2.24, 2.45) is 0 Å². The van der Waals surface area contributed by atoms with Crippen LogP contribution in [-0.2, 0) is 4.79 Å². The lowest BCUT2D eigenvalue weighted by Gasteiger charge is -2.09. The van der Waals surface area contributed by atoms with Gasteiger partial charge in [0.05, 0.1) is 11.3 Å². The average Bonchev–Trinajstić information content (AvgIpc) is 2.75. The lowest BCUT2D eigenvalue weighted by Crippen LogP contribution is -2.17. The zero-order chi connectivity index (χ0) is 21.5. The molecule has 0 spiro atoms. The topological polar surface area (TPSA) is 124 Å². The molecule has 1 heterocycles. The maximum absolute atomic E-state index is 12.5. The fraction of sp³-hybridized carbons (Fsp3) is 0.0455. The van der Waals surface area contributed by atoms with Crippen molar-refractivity contribution in [3.63, 3.8) is 0 Å². The molecule has 30 heavy (non-hydrogen) atoms. The third-order valence-electron chi connectivity index (χ3n) is 4.01. The van der Waals surface area contributed by atoms with Gasteiger partial charge in [0.1, 0.15) is 11.8 Å². The molecule has 0 bridgehead atoms. The number of nitrogens with zero attached hydrogens (tertiary/aromatic N) is 2. The first-order valence-electron chi connectivity index (χ1n) is 8.92. The number of pyridine rings is 1. The number of anilines is 3. The van der Waals surface area contributed by atoms with E-state index < -0.39 is 11.8 Å². The Bertz CT molecular complexity index is 1150. The Morgan fingerprint density at radius 1 is 0.867 bits per heavy atom. The Balaban J connectivity index is 1.71. The first kappa shape index (κ1) is 20.2. The molecule has 0 unspecified atom stereocenters. The van der Waals surface area contributed by atoms with E-state index in [-0.39, 0.29) is 17.2 Å². The van der Waals surface area contributed by atoms with Crippen LogP contribution in [0.15, 0.2) is 66.9 Å². The lowest BCUT2D eigenvalue weighted by atomic mass is 10.1. The number of nitrogens with one attached hydrogen (secondary N) is 3. The predicted molar refractivity (Wildman–Crippen MR) is 112 cm³/mol. The molecule has 3 N–H and O–H groups in total. The average molecular weight is 399 g/mol. The van der Waals surface area contributed by atoms with Crippen LogP contribution in [0.1, 0.15) is 33.3 Å². The molecular formula is C22H17N5O3. The monoisotopic (exact) mass is 399 g/mol. The van der Waals surface area contributed by atoms with Crippen molar-refractivity contribution in [3.05, 3.63) is 83.7 Å². The minimum Gasteiger partial charge on any atom is -0.326 e. The van der Waals surface area contributed by atoms with Crippen molar-refractivity contribution in [1.82, 2.24) is 4.98 Å². The van der Waals surface area contributed by atoms with Gasteiger partial charge in [-0.05, 0) is 48.5 Å². The van der Waals surface area contributed by atoms with Crippen molar-refractivity contribution in [3.8, 4) is 6.07 Å². The van der Waals surface area contributed by atoms with Crippen LogP contribution >= 0.6 is 0 Å². The number of aromatic nitrogens is 1. The van der Waals surface area contributed by atoms with Gasteiger partial charge in [-0.15, -0.1) is 0 Å². The van der Waals surface area contributed by atoms with Crippen LogP contribution in [0.25, 0.3) is 0 Å². The van der Waals surface area contributed by atoms with Gasteiger partial charge in [0.15, 0.2) is 0 Å². The van der Waals surface area contributed by atoms with Crippen LogP contribution < -0.4 is 16.0 Å². The molecule has 0 aliphatic heterocycles. The van der Waals surface area contributed by atoms with Gasteiger partial charge in [-0.2, -0.15) is 5.26 Å². The third-order valence-corrected chi connectivity index (χ3v) is 4.01. The quantitative estimate of drug-likeness (QED) is 0.606. The van der Waals surface area contributed by atoms with Gasteiger partial charge in [-0.1, -0.05) is 12.1 Å². The second-order valence-electron chi connectivity index (χ2n) is 6.25. The maximum Gasteiger partial charge on any atom is 0.274 e. The third kappa shape index (κ3) is 5.05. The number of carbonyl (C=O) groups is 3. The van der Waals surface area contributed by atoms with E-state index in [1.807, 2.05) is 6.07 Å². The number of hydrogen-bond donors (Lipinski definition) is 3. The molecule has 2 aromatic carbocycles. The lowest BCUT2D eigenvalue weighted by molar-refractivity contribution is -0.114. The molecule has 0 aliphatic rings. The smallest absolute Gasteiger partial charge is 0.274 e. The molecule has 0 fully saturated rings. The molecule has 8 nitrogen and oxygen atoms in total. The number of hydrogen-bond acceptors (Lipinski definition) is 5. The van der Waals surface area contributed by atoms with Crippen LogP contribution in [-0.4, -0.2) is 22.7 Å². The highest BCUT2D eigenvalue weighted by atomic mass is 16.2. The number of amides is 3. The Labute approximate surface area is 172 Å². The summed E-state index contributed by atoms with van der Waals surface area (Å²) >= 11 is 0. The minimum atomic E-state index is -0.535. The Hall–Kier alpha value is -4.51. The van der Waals surface area contributed by atoms with E-state index in [9.17, 15) is 14.4 Å². The molecule has 3 rings (SSSR count). The van der Waals surface area contributed by atoms with Crippen molar-refractivity contribution >= 4 is 34.8 Å². The number of benzene rings is 2. The summed E-state index contributed by atoms with van der Waals surface area (Å²) in [4.78, 5) is 40.1. The molecule has 1 aromatic heterocycles. The fourth-order valence-electron chi connectivity index (χ4n) is 2.62. The minimum absolute atomic E-state index is 0.0383. The van der Waals surface area contributed by atoms with Gasteiger partial charge >= 0.3 is 0 Å². The Morgan fingerprint density at radius 3 is 2.20 bits per heavy atom. The van der Waals surface area contributed by atoms with E-state index in [2.05, 4.69) is 20.9 Å². The number of rotatable bonds is 5. The van der Waals surface area contributed by atoms with Gasteiger partial charge in [-0.3, -0.25) is 19.4 Å². The van der Waals surface area contributed by atoms with Crippen molar-refractivity contribution in [1.29, 1.82) is 5.26 Å². The maximum atomic E-state index is 12.5. The van der Waals surface area contributed by atoms with E-state index in [0.717, 1.165) is 0 Å². The van der Waals surface area contributed by atoms with E-state index in [1.165, 1.54) is 25.3 Å². The van der Waals surface area contributed by atoms with Gasteiger partial charge in [0.2, 0.25) is 5.91 Å². The van der Waals surface area contributed by atoms with Gasteiger partial charge < -0.3 is 16.0 Å². The summed E-state index contributed by atoms with van der Waals surface area (Å²) in [5, 5.41) is 17.1. The molecule has 8 heteroatoms. The molecule has 0 saturated heterocycles. The summed E-state index contributed by atoms with van der Waals surface area (Å²) in [6.45, 7) is 1.41. The van der Waals surface area contributed by atoms with Crippen LogP contribution in [0.4, 0.5) is 17.1 Å². The molecule has 3 aromatic rings. The van der Waals surface area contributed by atoms with E-state index in [4.69, 9.17) is 5.26 Å². The predicted octanol–water partition coefficient (Wildman–Crippen LogP) is 3.42. The molecule has 148 valence electrons. The first-order valence-corrected chi connectivity index (χ1v) is 8.92. The number of para-hydroxylation sites is 1. The summed E-state index contributed by atoms with van der Waals surface area (Å²) in [6.07, 6.45) is 1.36. The highest BCUT2D eigenvalue weighted by molar-refractivity contribution is 6.08. The molecule has 0 saturated carbocycles. The van der Waals surface area contributed by atoms with Gasteiger partial charge in [-0.25, -0.2) is 0 Å². The summed E-state index contributed by atoms with van der Waals surface area (Å²) in [6, 6.07) is 18.1. The summed E-state index contributed by atoms with van der Waals surface area (Å²) in [5.74, 6) is -1.14. The standard InChI is InChI=1S/C22H17N5O3/c1-14(28)25-17-6-8-18(9-7-17)26-21(29)15-10-11-24-20(12-15)22(30)27-19-5-3-2-4-16(19)13-23/h2-12H,1H3,(H,25,28)(H,26,29)(H,27,30). The highest BCUT2D eigenvalue weighted by Crippen LogP contribution is 2.17. The molecule has 3 amide bonds. The van der Waals surface area contributed by atoms with E-state index in [1.54, 1.807) is 48.5 Å². The number of nitriles is 1. The van der Waals surface area contributed by atoms with Gasteiger partial charge in [0.25, 0.3) is 11.8 Å². The fourth-order valence-corrected chi connectivity index (χ4v) is 2.62. The van der Waals surface area contributed by atoms with Gasteiger partial charge in [0, 0.05) is 30.1 Å². The zero-order valence-electron chi connectivity index (χ0n) is 16.0. The summed E-state index contributed by atoms with van der Waals surface area (Å²) in [7, 11) is 0. The van der Waals surface area contributed by atoms with Crippen molar-refractivity contribution < 1.29 is 14.4 Å². The largest absolute Gasteiger partial charge is 0.326 e. The van der Waals surface area contributed by atoms with Crippen molar-refractivity contribution in [2.75, 3.05) is 16.0 Å². The zero-order valence-corrected chi connectivity index (χ0v) is 16.0. The molecule has 0 atom stereocenters. The summed E-state index contributed by atoms with van der Waals surface area (Å²) in [5.41, 5.74) is 2.11. The highest BCUT2D eigenvalue weighted by Gasteiger charge is 2.14. The van der Waals surface area contributed by atoms with Crippen LogP contribution in [0.5, 0.6) is 0 Å².